The SMILES string of the molecule is C[C@H](NC(=O)C=Cc1ccccc1)C(=O)O. The number of nitrogens with one attached hydrogen (secondary N) is 1. The van der Waals surface area contributed by atoms with Crippen molar-refractivity contribution >= 4 is 18.0 Å². The second kappa shape index (κ2) is 5.70. The Kier molecular flexibility index (Phi) is 4.27. The molecule has 0 aliphatic carbocycles. The van der Waals surface area contributed by atoms with Crippen LogP contribution in [-0.4, -0.2) is 23.0 Å². The van der Waals surface area contributed by atoms with Gasteiger partial charge in [-0.2, -0.15) is 0 Å². The summed E-state index contributed by atoms with van der Waals surface area (Å²) in [4.78, 5) is 21.7. The summed E-state index contributed by atoms with van der Waals surface area (Å²) in [7, 11) is 0. The zero-order chi connectivity index (χ0) is 12.0. The lowest BCUT2D eigenvalue weighted by Gasteiger charge is -2.05. The van der Waals surface area contributed by atoms with E-state index in [1.807, 2.05) is 30.3 Å². The smallest absolute Gasteiger partial charge is 0.325 e. The van der Waals surface area contributed by atoms with Crippen LogP contribution in [-0.2, 0) is 9.59 Å². The Hall–Kier alpha value is -2.10. The van der Waals surface area contributed by atoms with Crippen molar-refractivity contribution in [3.63, 3.8) is 0 Å². The van der Waals surface area contributed by atoms with Gasteiger partial charge in [-0.3, -0.25) is 9.59 Å². The molecule has 1 aromatic carbocycles. The maximum Gasteiger partial charge on any atom is 0.325 e. The van der Waals surface area contributed by atoms with E-state index in [0.29, 0.717) is 0 Å². The Labute approximate surface area is 93.6 Å². The zero-order valence-electron chi connectivity index (χ0n) is 8.88. The quantitative estimate of drug-likeness (QED) is 0.750. The molecule has 0 aliphatic rings. The molecule has 0 unspecified atom stereocenters. The molecule has 16 heavy (non-hydrogen) atoms. The first-order chi connectivity index (χ1) is 7.59. The van der Waals surface area contributed by atoms with E-state index in [1.54, 1.807) is 6.08 Å². The number of hydrogen-bond donors (Lipinski definition) is 2. The maximum atomic E-state index is 11.3. The van der Waals surface area contributed by atoms with E-state index in [4.69, 9.17) is 5.11 Å². The summed E-state index contributed by atoms with van der Waals surface area (Å²) in [5.74, 6) is -1.47. The minimum absolute atomic E-state index is 0.418. The molecule has 0 radical (unpaired) electrons. The van der Waals surface area contributed by atoms with Gasteiger partial charge in [0.05, 0.1) is 0 Å². The van der Waals surface area contributed by atoms with Crippen LogP contribution in [0.1, 0.15) is 12.5 Å². The Bertz CT molecular complexity index is 398. The second-order valence-corrected chi connectivity index (χ2v) is 3.31. The highest BCUT2D eigenvalue weighted by Gasteiger charge is 2.11. The van der Waals surface area contributed by atoms with Gasteiger partial charge >= 0.3 is 5.97 Å². The van der Waals surface area contributed by atoms with Gasteiger partial charge in [0, 0.05) is 6.08 Å². The topological polar surface area (TPSA) is 66.4 Å². The fourth-order valence-corrected chi connectivity index (χ4v) is 1.06. The van der Waals surface area contributed by atoms with Gasteiger partial charge in [0.2, 0.25) is 5.91 Å². The van der Waals surface area contributed by atoms with Crippen molar-refractivity contribution in [2.75, 3.05) is 0 Å². The van der Waals surface area contributed by atoms with E-state index >= 15 is 0 Å². The van der Waals surface area contributed by atoms with E-state index in [2.05, 4.69) is 5.32 Å². The fourth-order valence-electron chi connectivity index (χ4n) is 1.06. The lowest BCUT2D eigenvalue weighted by molar-refractivity contribution is -0.140. The predicted molar refractivity (Wildman–Crippen MR) is 60.7 cm³/mol. The van der Waals surface area contributed by atoms with Crippen molar-refractivity contribution in [3.05, 3.63) is 42.0 Å². The highest BCUT2D eigenvalue weighted by molar-refractivity contribution is 5.94. The first-order valence-corrected chi connectivity index (χ1v) is 4.86. The minimum atomic E-state index is -1.05. The highest BCUT2D eigenvalue weighted by Crippen LogP contribution is 2.00. The lowest BCUT2D eigenvalue weighted by Crippen LogP contribution is -2.37. The molecule has 84 valence electrons. The van der Waals surface area contributed by atoms with Crippen LogP contribution in [0.2, 0.25) is 0 Å². The van der Waals surface area contributed by atoms with Crippen LogP contribution in [0.5, 0.6) is 0 Å². The third kappa shape index (κ3) is 3.96. The Morgan fingerprint density at radius 2 is 1.94 bits per heavy atom. The molecule has 1 atom stereocenters. The first-order valence-electron chi connectivity index (χ1n) is 4.86. The summed E-state index contributed by atoms with van der Waals surface area (Å²) < 4.78 is 0. The molecule has 0 spiro atoms. The summed E-state index contributed by atoms with van der Waals surface area (Å²) in [6.07, 6.45) is 2.94. The molecule has 0 saturated heterocycles. The second-order valence-electron chi connectivity index (χ2n) is 3.31. The van der Waals surface area contributed by atoms with Crippen LogP contribution in [0.3, 0.4) is 0 Å². The maximum absolute atomic E-state index is 11.3. The highest BCUT2D eigenvalue weighted by atomic mass is 16.4. The number of amides is 1. The van der Waals surface area contributed by atoms with Crippen molar-refractivity contribution in [3.8, 4) is 0 Å². The standard InChI is InChI=1S/C12H13NO3/c1-9(12(15)16)13-11(14)8-7-10-5-3-2-4-6-10/h2-9H,1H3,(H,13,14)(H,15,16)/t9-/m0/s1. The number of carbonyl (C=O) groups is 2. The number of benzene rings is 1. The normalized spacial score (nSPS) is 12.3. The predicted octanol–water partition coefficient (Wildman–Crippen LogP) is 1.29. The van der Waals surface area contributed by atoms with Crippen LogP contribution in [0.25, 0.3) is 6.08 Å². The van der Waals surface area contributed by atoms with Gasteiger partial charge in [0.1, 0.15) is 6.04 Å². The number of carboxylic acids is 1. The molecule has 0 aliphatic heterocycles. The van der Waals surface area contributed by atoms with Crippen molar-refractivity contribution in [1.29, 1.82) is 0 Å². The average Bonchev–Trinajstić information content (AvgIpc) is 2.27. The Balaban J connectivity index is 2.52. The number of carbonyl (C=O) groups excluding carboxylic acids is 1. The van der Waals surface area contributed by atoms with Crippen LogP contribution in [0.4, 0.5) is 0 Å². The summed E-state index contributed by atoms with van der Waals surface area (Å²) in [5, 5.41) is 10.9. The minimum Gasteiger partial charge on any atom is -0.480 e. The molecule has 0 bridgehead atoms. The number of carboxylic acid groups (broad SMARTS) is 1. The first kappa shape index (κ1) is 12.0. The van der Waals surface area contributed by atoms with Gasteiger partial charge in [0.25, 0.3) is 0 Å². The van der Waals surface area contributed by atoms with Crippen LogP contribution < -0.4 is 5.32 Å². The zero-order valence-corrected chi connectivity index (χ0v) is 8.88. The van der Waals surface area contributed by atoms with E-state index < -0.39 is 17.9 Å². The summed E-state index contributed by atoms with van der Waals surface area (Å²) in [6.45, 7) is 1.41. The molecule has 1 rings (SSSR count). The fraction of sp³-hybridized carbons (Fsp3) is 0.167. The molecule has 2 N–H and O–H groups in total. The lowest BCUT2D eigenvalue weighted by atomic mass is 10.2. The summed E-state index contributed by atoms with van der Waals surface area (Å²) in [6, 6.07) is 8.42. The van der Waals surface area contributed by atoms with Crippen LogP contribution in [0, 0.1) is 0 Å². The van der Waals surface area contributed by atoms with E-state index in [9.17, 15) is 9.59 Å². The van der Waals surface area contributed by atoms with E-state index in [0.717, 1.165) is 5.56 Å². The van der Waals surface area contributed by atoms with Crippen molar-refractivity contribution in [2.45, 2.75) is 13.0 Å². The summed E-state index contributed by atoms with van der Waals surface area (Å²) in [5.41, 5.74) is 0.889. The monoisotopic (exact) mass is 219 g/mol. The van der Waals surface area contributed by atoms with Gasteiger partial charge in [-0.1, -0.05) is 30.3 Å². The van der Waals surface area contributed by atoms with E-state index in [1.165, 1.54) is 13.0 Å². The molecule has 4 heteroatoms. The van der Waals surface area contributed by atoms with Gasteiger partial charge in [-0.15, -0.1) is 0 Å². The third-order valence-electron chi connectivity index (χ3n) is 1.96. The van der Waals surface area contributed by atoms with E-state index in [-0.39, 0.29) is 0 Å². The Morgan fingerprint density at radius 3 is 2.50 bits per heavy atom. The molecule has 0 saturated carbocycles. The molecular formula is C12H13NO3. The van der Waals surface area contributed by atoms with Gasteiger partial charge in [-0.05, 0) is 18.6 Å². The number of aliphatic carboxylic acids is 1. The van der Waals surface area contributed by atoms with Gasteiger partial charge in [0.15, 0.2) is 0 Å². The third-order valence-corrected chi connectivity index (χ3v) is 1.96. The number of hydrogen-bond acceptors (Lipinski definition) is 2. The largest absolute Gasteiger partial charge is 0.480 e. The molecule has 0 fully saturated rings. The van der Waals surface area contributed by atoms with Gasteiger partial charge in [-0.25, -0.2) is 0 Å². The molecule has 1 aromatic rings. The average molecular weight is 219 g/mol. The Morgan fingerprint density at radius 1 is 1.31 bits per heavy atom. The van der Waals surface area contributed by atoms with Crippen molar-refractivity contribution < 1.29 is 14.7 Å². The molecule has 0 aromatic heterocycles. The van der Waals surface area contributed by atoms with Crippen molar-refractivity contribution in [1.82, 2.24) is 5.32 Å². The van der Waals surface area contributed by atoms with Gasteiger partial charge < -0.3 is 10.4 Å². The molecule has 4 nitrogen and oxygen atoms in total. The van der Waals surface area contributed by atoms with Crippen molar-refractivity contribution in [2.24, 2.45) is 0 Å². The molecule has 1 amide bonds. The van der Waals surface area contributed by atoms with Crippen LogP contribution >= 0.6 is 0 Å². The molecule has 0 heterocycles. The van der Waals surface area contributed by atoms with Crippen LogP contribution in [0.15, 0.2) is 36.4 Å². The summed E-state index contributed by atoms with van der Waals surface area (Å²) >= 11 is 0. The molecular weight excluding hydrogens is 206 g/mol. The number of rotatable bonds is 4.